The minimum atomic E-state index is -2.40. The molecule has 1 atom stereocenters. The van der Waals surface area contributed by atoms with Crippen LogP contribution in [0.4, 0.5) is 0 Å². The summed E-state index contributed by atoms with van der Waals surface area (Å²) in [5.41, 5.74) is -1.58. The third-order valence-corrected chi connectivity index (χ3v) is 6.27. The molecule has 2 rings (SSSR count). The number of rotatable bonds is 4. The second kappa shape index (κ2) is 11.0. The van der Waals surface area contributed by atoms with Gasteiger partial charge in [0.15, 0.2) is 11.7 Å². The molecule has 1 unspecified atom stereocenters. The quantitative estimate of drug-likeness (QED) is 0.232. The highest BCUT2D eigenvalue weighted by molar-refractivity contribution is 6.80. The third kappa shape index (κ3) is 7.46. The molecule has 1 aromatic carbocycles. The van der Waals surface area contributed by atoms with Crippen molar-refractivity contribution in [2.45, 2.75) is 27.9 Å². The van der Waals surface area contributed by atoms with Gasteiger partial charge in [-0.2, -0.15) is 0 Å². The van der Waals surface area contributed by atoms with E-state index in [0.29, 0.717) is 17.9 Å². The van der Waals surface area contributed by atoms with E-state index in [1.807, 2.05) is 6.92 Å². The van der Waals surface area contributed by atoms with Crippen LogP contribution in [0.2, 0.25) is 0 Å². The average molecular weight is 699 g/mol. The highest BCUT2D eigenvalue weighted by Crippen LogP contribution is 2.54. The Morgan fingerprint density at radius 3 is 1.82 bits per heavy atom. The van der Waals surface area contributed by atoms with Crippen LogP contribution >= 0.6 is 139 Å². The van der Waals surface area contributed by atoms with Gasteiger partial charge in [-0.05, 0) is 30.7 Å². The van der Waals surface area contributed by atoms with E-state index in [1.165, 1.54) is 12.2 Å². The van der Waals surface area contributed by atoms with E-state index in [0.717, 1.165) is 4.90 Å². The van der Waals surface area contributed by atoms with Crippen molar-refractivity contribution in [2.75, 3.05) is 6.61 Å². The predicted molar refractivity (Wildman–Crippen MR) is 147 cm³/mol. The van der Waals surface area contributed by atoms with E-state index in [1.54, 1.807) is 24.3 Å². The zero-order chi connectivity index (χ0) is 25.5. The first-order chi connectivity index (χ1) is 14.8. The number of amidine groups is 2. The minimum absolute atomic E-state index is 0.484. The average Bonchev–Trinajstić information content (AvgIpc) is 2.63. The summed E-state index contributed by atoms with van der Waals surface area (Å²) in [5.74, 6) is -0.359. The van der Waals surface area contributed by atoms with E-state index in [4.69, 9.17) is 144 Å². The van der Waals surface area contributed by atoms with Gasteiger partial charge in [-0.25, -0.2) is 9.98 Å². The van der Waals surface area contributed by atoms with Crippen LogP contribution in [0.15, 0.2) is 40.3 Å². The molecule has 0 bridgehead atoms. The highest BCUT2D eigenvalue weighted by Gasteiger charge is 2.63. The number of nitrogens with zero attached hydrogens (tertiary/aromatic N) is 3. The van der Waals surface area contributed by atoms with Crippen molar-refractivity contribution in [3.63, 3.8) is 0 Å². The second-order valence-electron chi connectivity index (χ2n) is 6.23. The van der Waals surface area contributed by atoms with Crippen LogP contribution in [0, 0.1) is 0 Å². The molecule has 0 saturated heterocycles. The predicted octanol–water partition coefficient (Wildman–Crippen LogP) is 9.35. The van der Waals surface area contributed by atoms with Crippen LogP contribution in [0.5, 0.6) is 5.75 Å². The van der Waals surface area contributed by atoms with Gasteiger partial charge in [0.1, 0.15) is 5.75 Å². The molecule has 4 nitrogen and oxygen atoms in total. The zero-order valence-corrected chi connectivity index (χ0v) is 25.0. The van der Waals surface area contributed by atoms with Crippen LogP contribution in [0.25, 0.3) is 6.08 Å². The van der Waals surface area contributed by atoms with Crippen LogP contribution in [0.3, 0.4) is 0 Å². The number of benzene rings is 1. The number of alkyl halides is 12. The van der Waals surface area contributed by atoms with Crippen molar-refractivity contribution < 1.29 is 4.74 Å². The standard InChI is InChI=1S/C17H11Cl12N3O/c1-2-33-10-5-3-9(4-6-10)7-8-13(16(24,25)26)31-11(14(18,19)20)30-12(15(21,22)23)32(13)17(27,28)29/h3-8H,2H2,1H3. The highest BCUT2D eigenvalue weighted by atomic mass is 35.6. The first-order valence-electron chi connectivity index (χ1n) is 8.51. The lowest BCUT2D eigenvalue weighted by Gasteiger charge is -2.50. The van der Waals surface area contributed by atoms with E-state index in [2.05, 4.69) is 9.98 Å². The van der Waals surface area contributed by atoms with Gasteiger partial charge in [0.2, 0.25) is 17.0 Å². The maximum atomic E-state index is 6.35. The molecular weight excluding hydrogens is 688 g/mol. The lowest BCUT2D eigenvalue weighted by atomic mass is 10.1. The molecular formula is C17H11Cl12N3O. The summed E-state index contributed by atoms with van der Waals surface area (Å²) in [7, 11) is 0. The van der Waals surface area contributed by atoms with Gasteiger partial charge < -0.3 is 4.74 Å². The van der Waals surface area contributed by atoms with Gasteiger partial charge in [0.25, 0.3) is 3.92 Å². The first kappa shape index (κ1) is 30.6. The zero-order valence-electron chi connectivity index (χ0n) is 16.0. The molecule has 16 heteroatoms. The smallest absolute Gasteiger partial charge is 0.271 e. The molecule has 1 aromatic rings. The van der Waals surface area contributed by atoms with Crippen LogP contribution in [-0.4, -0.2) is 44.1 Å². The van der Waals surface area contributed by atoms with Gasteiger partial charge in [-0.1, -0.05) is 157 Å². The minimum Gasteiger partial charge on any atom is -0.494 e. The lowest BCUT2D eigenvalue weighted by molar-refractivity contribution is 0.231. The van der Waals surface area contributed by atoms with E-state index < -0.39 is 32.6 Å². The molecule has 0 amide bonds. The molecule has 0 spiro atoms. The monoisotopic (exact) mass is 693 g/mol. The van der Waals surface area contributed by atoms with Crippen molar-refractivity contribution in [1.82, 2.24) is 4.90 Å². The van der Waals surface area contributed by atoms with Gasteiger partial charge >= 0.3 is 0 Å². The Balaban J connectivity index is 2.81. The first-order valence-corrected chi connectivity index (χ1v) is 13.1. The Hall–Kier alpha value is 1.38. The van der Waals surface area contributed by atoms with Gasteiger partial charge in [-0.15, -0.1) is 0 Å². The maximum Gasteiger partial charge on any atom is 0.271 e. The summed E-state index contributed by atoms with van der Waals surface area (Å²) in [6.07, 6.45) is 2.81. The Morgan fingerprint density at radius 2 is 1.42 bits per heavy atom. The molecule has 0 radical (unpaired) electrons. The van der Waals surface area contributed by atoms with Crippen LogP contribution in [-0.2, 0) is 0 Å². The number of aliphatic imine (C=N–C) groups is 2. The van der Waals surface area contributed by atoms with E-state index >= 15 is 0 Å². The largest absolute Gasteiger partial charge is 0.494 e. The molecule has 0 aliphatic carbocycles. The Labute approximate surface area is 250 Å². The van der Waals surface area contributed by atoms with E-state index in [-0.39, 0.29) is 0 Å². The summed E-state index contributed by atoms with van der Waals surface area (Å²) < 4.78 is -3.91. The van der Waals surface area contributed by atoms with Gasteiger partial charge in [0, 0.05) is 0 Å². The van der Waals surface area contributed by atoms with Crippen molar-refractivity contribution in [3.8, 4) is 5.75 Å². The lowest BCUT2D eigenvalue weighted by Crippen LogP contribution is -2.66. The van der Waals surface area contributed by atoms with Crippen LogP contribution in [0.1, 0.15) is 12.5 Å². The third-order valence-electron chi connectivity index (χ3n) is 3.92. The molecule has 1 aliphatic heterocycles. The molecule has 0 aromatic heterocycles. The molecule has 0 saturated carbocycles. The normalized spacial score (nSPS) is 20.7. The van der Waals surface area contributed by atoms with Crippen molar-refractivity contribution >= 4 is 157 Å². The molecule has 33 heavy (non-hydrogen) atoms. The fourth-order valence-electron chi connectivity index (χ4n) is 2.63. The SMILES string of the molecule is CCOc1ccc(C=CC2(C(Cl)(Cl)Cl)N=C(C(Cl)(Cl)Cl)N=C(C(Cl)(Cl)Cl)N2C(Cl)(Cl)Cl)cc1. The van der Waals surface area contributed by atoms with Crippen molar-refractivity contribution in [1.29, 1.82) is 0 Å². The maximum absolute atomic E-state index is 6.35. The molecule has 0 fully saturated rings. The Morgan fingerprint density at radius 1 is 0.879 bits per heavy atom. The fourth-order valence-corrected chi connectivity index (χ4v) is 4.46. The van der Waals surface area contributed by atoms with Gasteiger partial charge in [0.05, 0.1) is 6.61 Å². The Kier molecular flexibility index (Phi) is 10.2. The Bertz CT molecular complexity index is 938. The number of hydrogen-bond donors (Lipinski definition) is 0. The molecule has 0 N–H and O–H groups in total. The fraction of sp³-hybridized carbons (Fsp3) is 0.412. The number of halogens is 12. The van der Waals surface area contributed by atoms with Crippen molar-refractivity contribution in [3.05, 3.63) is 35.9 Å². The summed E-state index contributed by atoms with van der Waals surface area (Å²) in [4.78, 5) is 9.03. The summed E-state index contributed by atoms with van der Waals surface area (Å²) in [6, 6.07) is 6.89. The summed E-state index contributed by atoms with van der Waals surface area (Å²) in [5, 5.41) is 0. The van der Waals surface area contributed by atoms with E-state index in [9.17, 15) is 0 Å². The summed E-state index contributed by atoms with van der Waals surface area (Å²) >= 11 is 74.0. The second-order valence-corrected chi connectivity index (χ2v) is 15.3. The molecule has 184 valence electrons. The van der Waals surface area contributed by atoms with Gasteiger partial charge in [-0.3, -0.25) is 4.90 Å². The van der Waals surface area contributed by atoms with Crippen LogP contribution < -0.4 is 4.74 Å². The molecule has 1 aliphatic rings. The van der Waals surface area contributed by atoms with Crippen molar-refractivity contribution in [2.24, 2.45) is 9.98 Å². The molecule has 1 heterocycles. The summed E-state index contributed by atoms with van der Waals surface area (Å²) in [6.45, 7) is 2.36. The number of hydrogen-bond acceptors (Lipinski definition) is 4. The topological polar surface area (TPSA) is 37.2 Å². The number of ether oxygens (including phenoxy) is 1.